The van der Waals surface area contributed by atoms with Crippen LogP contribution < -0.4 is 5.32 Å². The monoisotopic (exact) mass is 522 g/mol. The topological polar surface area (TPSA) is 78.8 Å². The number of pyridine rings is 1. The predicted molar refractivity (Wildman–Crippen MR) is 147 cm³/mol. The number of fused-ring (bicyclic) bond motifs is 5. The summed E-state index contributed by atoms with van der Waals surface area (Å²) in [6, 6.07) is 13.1. The second kappa shape index (κ2) is 9.35. The van der Waals surface area contributed by atoms with Gasteiger partial charge in [-0.1, -0.05) is 30.0 Å². The van der Waals surface area contributed by atoms with E-state index in [9.17, 15) is 9.18 Å². The van der Waals surface area contributed by atoms with Crippen LogP contribution in [0.4, 0.5) is 4.39 Å². The molecule has 4 aliphatic rings. The Hall–Kier alpha value is -3.96. The quantitative estimate of drug-likeness (QED) is 0.392. The zero-order valence-electron chi connectivity index (χ0n) is 22.0. The molecule has 8 heteroatoms. The zero-order valence-corrected chi connectivity index (χ0v) is 22.0. The van der Waals surface area contributed by atoms with Gasteiger partial charge in [-0.25, -0.2) is 14.4 Å². The molecule has 1 amide bonds. The second-order valence-electron chi connectivity index (χ2n) is 11.3. The number of para-hydroxylation sites is 1. The number of nitrogens with one attached hydrogen (secondary N) is 2. The highest BCUT2D eigenvalue weighted by Crippen LogP contribution is 2.39. The molecule has 3 fully saturated rings. The molecule has 8 rings (SSSR count). The summed E-state index contributed by atoms with van der Waals surface area (Å²) in [7, 11) is 0. The Kier molecular flexibility index (Phi) is 5.78. The molecule has 0 spiro atoms. The molecule has 3 saturated heterocycles. The van der Waals surface area contributed by atoms with Gasteiger partial charge in [-0.3, -0.25) is 4.79 Å². The van der Waals surface area contributed by atoms with Crippen molar-refractivity contribution in [2.75, 3.05) is 19.6 Å². The Labute approximate surface area is 226 Å². The fourth-order valence-corrected chi connectivity index (χ4v) is 6.36. The Bertz CT molecular complexity index is 1590. The van der Waals surface area contributed by atoms with Crippen LogP contribution in [0.1, 0.15) is 64.1 Å². The van der Waals surface area contributed by atoms with E-state index in [2.05, 4.69) is 37.0 Å². The number of rotatable bonds is 4. The van der Waals surface area contributed by atoms with Crippen LogP contribution in [0.5, 0.6) is 0 Å². The van der Waals surface area contributed by atoms with E-state index in [1.165, 1.54) is 0 Å². The van der Waals surface area contributed by atoms with Gasteiger partial charge in [0.1, 0.15) is 17.9 Å². The van der Waals surface area contributed by atoms with E-state index >= 15 is 0 Å². The lowest BCUT2D eigenvalue weighted by molar-refractivity contribution is 0.0680. The molecule has 1 unspecified atom stereocenters. The standard InChI is InChI=1S/C31H31FN6O/c1-20-14-21(6-7-31-8-11-37(12-9-31)13-10-31)15-26(34-20)30(39)36-28(25-16-22-4-2-3-5-24(22)35-25)29-27-17-23(32)18-38(27)19-33-29/h2-5,14-16,19,23,28,35H,8-13,17-18H2,1H3,(H,36,39)/t23-,28?/m1/s1. The Morgan fingerprint density at radius 3 is 2.77 bits per heavy atom. The number of aryl methyl sites for hydroxylation is 1. The van der Waals surface area contributed by atoms with Gasteiger partial charge in [-0.2, -0.15) is 0 Å². The van der Waals surface area contributed by atoms with Crippen molar-refractivity contribution in [2.45, 2.75) is 51.4 Å². The maximum Gasteiger partial charge on any atom is 0.270 e. The van der Waals surface area contributed by atoms with Crippen molar-refractivity contribution in [3.05, 3.63) is 82.8 Å². The number of hydrogen-bond donors (Lipinski definition) is 2. The van der Waals surface area contributed by atoms with E-state index < -0.39 is 12.2 Å². The van der Waals surface area contributed by atoms with Gasteiger partial charge < -0.3 is 19.8 Å². The first-order valence-corrected chi connectivity index (χ1v) is 13.8. The third-order valence-corrected chi connectivity index (χ3v) is 8.58. The van der Waals surface area contributed by atoms with E-state index in [4.69, 9.17) is 0 Å². The van der Waals surface area contributed by atoms with Crippen molar-refractivity contribution in [1.82, 2.24) is 29.7 Å². The van der Waals surface area contributed by atoms with Gasteiger partial charge in [0, 0.05) is 40.0 Å². The summed E-state index contributed by atoms with van der Waals surface area (Å²) in [5, 5.41) is 4.19. The smallest absolute Gasteiger partial charge is 0.270 e. The molecule has 4 aliphatic heterocycles. The number of amides is 1. The second-order valence-corrected chi connectivity index (χ2v) is 11.3. The average molecular weight is 523 g/mol. The third-order valence-electron chi connectivity index (χ3n) is 8.58. The normalized spacial score (nSPS) is 24.3. The van der Waals surface area contributed by atoms with Crippen molar-refractivity contribution in [3.63, 3.8) is 0 Å². The van der Waals surface area contributed by atoms with Crippen molar-refractivity contribution < 1.29 is 9.18 Å². The minimum Gasteiger partial charge on any atom is -0.356 e. The van der Waals surface area contributed by atoms with Crippen molar-refractivity contribution in [2.24, 2.45) is 5.41 Å². The van der Waals surface area contributed by atoms with Gasteiger partial charge >= 0.3 is 0 Å². The van der Waals surface area contributed by atoms with Crippen LogP contribution in [-0.4, -0.2) is 56.1 Å². The number of benzene rings is 1. The molecule has 7 heterocycles. The molecular weight excluding hydrogens is 491 g/mol. The van der Waals surface area contributed by atoms with Gasteiger partial charge in [-0.15, -0.1) is 0 Å². The van der Waals surface area contributed by atoms with E-state index in [1.54, 1.807) is 12.4 Å². The van der Waals surface area contributed by atoms with Crippen molar-refractivity contribution >= 4 is 16.8 Å². The van der Waals surface area contributed by atoms with Crippen LogP contribution in [0.3, 0.4) is 0 Å². The van der Waals surface area contributed by atoms with E-state index in [-0.39, 0.29) is 24.3 Å². The van der Waals surface area contributed by atoms with Crippen LogP contribution in [0, 0.1) is 24.2 Å². The van der Waals surface area contributed by atoms with Gasteiger partial charge in [0.25, 0.3) is 5.91 Å². The number of imidazole rings is 1. The molecular formula is C31H31FN6O. The summed E-state index contributed by atoms with van der Waals surface area (Å²) < 4.78 is 16.1. The summed E-state index contributed by atoms with van der Waals surface area (Å²) in [4.78, 5) is 28.8. The number of alkyl halides is 1. The molecule has 3 aromatic heterocycles. The first-order valence-electron chi connectivity index (χ1n) is 13.8. The number of aromatic amines is 1. The molecule has 7 nitrogen and oxygen atoms in total. The summed E-state index contributed by atoms with van der Waals surface area (Å²) >= 11 is 0. The summed E-state index contributed by atoms with van der Waals surface area (Å²) in [6.07, 6.45) is 4.33. The molecule has 39 heavy (non-hydrogen) atoms. The largest absolute Gasteiger partial charge is 0.356 e. The maximum atomic E-state index is 14.3. The zero-order chi connectivity index (χ0) is 26.6. The highest BCUT2D eigenvalue weighted by Gasteiger charge is 2.38. The van der Waals surface area contributed by atoms with Crippen molar-refractivity contribution in [1.29, 1.82) is 0 Å². The van der Waals surface area contributed by atoms with Gasteiger partial charge in [0.05, 0.1) is 18.6 Å². The molecule has 0 saturated carbocycles. The Morgan fingerprint density at radius 2 is 1.97 bits per heavy atom. The molecule has 2 atom stereocenters. The van der Waals surface area contributed by atoms with Crippen molar-refractivity contribution in [3.8, 4) is 11.8 Å². The molecule has 4 aromatic rings. The van der Waals surface area contributed by atoms with E-state index in [0.717, 1.165) is 72.4 Å². The number of carbonyl (C=O) groups is 1. The highest BCUT2D eigenvalue weighted by atomic mass is 19.1. The third kappa shape index (κ3) is 4.51. The average Bonchev–Trinajstić information content (AvgIpc) is 3.65. The summed E-state index contributed by atoms with van der Waals surface area (Å²) in [5.74, 6) is 6.65. The Balaban J connectivity index is 1.21. The minimum absolute atomic E-state index is 0.0881. The van der Waals surface area contributed by atoms with Crippen LogP contribution in [0.15, 0.2) is 48.8 Å². The molecule has 1 aromatic carbocycles. The lowest BCUT2D eigenvalue weighted by atomic mass is 9.72. The molecule has 0 radical (unpaired) electrons. The minimum atomic E-state index is -0.948. The van der Waals surface area contributed by atoms with Gasteiger partial charge in [0.2, 0.25) is 0 Å². The lowest BCUT2D eigenvalue weighted by Crippen LogP contribution is -2.47. The number of H-pyrrole nitrogens is 1. The summed E-state index contributed by atoms with van der Waals surface area (Å²) in [6.45, 7) is 5.53. The molecule has 198 valence electrons. The highest BCUT2D eigenvalue weighted by molar-refractivity contribution is 5.93. The Morgan fingerprint density at radius 1 is 1.18 bits per heavy atom. The van der Waals surface area contributed by atoms with Crippen LogP contribution in [-0.2, 0) is 13.0 Å². The fourth-order valence-electron chi connectivity index (χ4n) is 6.36. The summed E-state index contributed by atoms with van der Waals surface area (Å²) in [5.41, 5.74) is 5.18. The lowest BCUT2D eigenvalue weighted by Gasteiger charge is -2.45. The number of aromatic nitrogens is 4. The molecule has 2 N–H and O–H groups in total. The number of carbonyl (C=O) groups excluding carboxylic acids is 1. The van der Waals surface area contributed by atoms with E-state index in [1.807, 2.05) is 47.9 Å². The van der Waals surface area contributed by atoms with Crippen LogP contribution in [0.2, 0.25) is 0 Å². The number of hydrogen-bond acceptors (Lipinski definition) is 4. The maximum absolute atomic E-state index is 14.3. The molecule has 0 aliphatic carbocycles. The number of halogens is 1. The first-order chi connectivity index (χ1) is 18.9. The molecule has 2 bridgehead atoms. The van der Waals surface area contributed by atoms with Gasteiger partial charge in [-0.05, 0) is 75.5 Å². The number of nitrogens with zero attached hydrogens (tertiary/aromatic N) is 4. The van der Waals surface area contributed by atoms with Crippen LogP contribution in [0.25, 0.3) is 10.9 Å². The SMILES string of the molecule is Cc1cc(C#CC23CCN(CC2)CC3)cc(C(=O)NC(c2cc3ccccc3[nH]2)c2ncn3c2C[C@@H](F)C3)n1. The van der Waals surface area contributed by atoms with Crippen LogP contribution >= 0.6 is 0 Å². The van der Waals surface area contributed by atoms with E-state index in [0.29, 0.717) is 11.4 Å². The fraction of sp³-hybridized carbons (Fsp3) is 0.387. The first kappa shape index (κ1) is 24.1. The van der Waals surface area contributed by atoms with Gasteiger partial charge in [0.15, 0.2) is 0 Å². The number of piperidine rings is 3. The predicted octanol–water partition coefficient (Wildman–Crippen LogP) is 4.32.